The van der Waals surface area contributed by atoms with Gasteiger partial charge in [-0.2, -0.15) is 0 Å². The number of nitrogens with zero attached hydrogens (tertiary/aromatic N) is 1. The normalized spacial score (nSPS) is 21.5. The second-order valence-corrected chi connectivity index (χ2v) is 7.17. The molecule has 1 aromatic rings. The first-order valence-electron chi connectivity index (χ1n) is 8.40. The van der Waals surface area contributed by atoms with E-state index >= 15 is 0 Å². The summed E-state index contributed by atoms with van der Waals surface area (Å²) in [4.78, 5) is 27.6. The minimum Gasteiger partial charge on any atom is -0.462 e. The molecule has 1 aliphatic rings. The summed E-state index contributed by atoms with van der Waals surface area (Å²) >= 11 is 1.43. The summed E-state index contributed by atoms with van der Waals surface area (Å²) in [5.74, 6) is -0.510. The van der Waals surface area contributed by atoms with Gasteiger partial charge in [0, 0.05) is 18.0 Å². The Labute approximate surface area is 147 Å². The third kappa shape index (κ3) is 5.03. The molecule has 1 fully saturated rings. The van der Waals surface area contributed by atoms with E-state index in [9.17, 15) is 9.59 Å². The van der Waals surface area contributed by atoms with Crippen molar-refractivity contribution in [3.05, 3.63) is 16.5 Å². The number of amides is 1. The SMILES string of the molecule is CCOC(=O)c1cc(CC)sc1NC(=O)CN1C[C@H](C)O[C@@H](C)C1. The minimum absolute atomic E-state index is 0.116. The fourth-order valence-electron chi connectivity index (χ4n) is 2.85. The molecule has 0 aromatic carbocycles. The van der Waals surface area contributed by atoms with Crippen LogP contribution in [0.15, 0.2) is 6.07 Å². The molecule has 6 nitrogen and oxygen atoms in total. The number of esters is 1. The van der Waals surface area contributed by atoms with Crippen molar-refractivity contribution < 1.29 is 19.1 Å². The highest BCUT2D eigenvalue weighted by Crippen LogP contribution is 2.29. The van der Waals surface area contributed by atoms with Crippen LogP contribution in [0, 0.1) is 0 Å². The van der Waals surface area contributed by atoms with Gasteiger partial charge in [-0.05, 0) is 33.3 Å². The maximum Gasteiger partial charge on any atom is 0.341 e. The van der Waals surface area contributed by atoms with Crippen molar-refractivity contribution >= 4 is 28.2 Å². The molecule has 1 saturated heterocycles. The summed E-state index contributed by atoms with van der Waals surface area (Å²) in [5.41, 5.74) is 0.441. The summed E-state index contributed by atoms with van der Waals surface area (Å²) in [6.07, 6.45) is 1.04. The first-order valence-corrected chi connectivity index (χ1v) is 9.22. The molecule has 134 valence electrons. The van der Waals surface area contributed by atoms with E-state index in [0.29, 0.717) is 23.7 Å². The van der Waals surface area contributed by atoms with Crippen molar-refractivity contribution in [2.24, 2.45) is 0 Å². The average Bonchev–Trinajstić information content (AvgIpc) is 2.89. The van der Waals surface area contributed by atoms with Crippen LogP contribution in [0.1, 0.15) is 42.9 Å². The summed E-state index contributed by atoms with van der Waals surface area (Å²) in [7, 11) is 0. The van der Waals surface area contributed by atoms with Crippen LogP contribution in [0.4, 0.5) is 5.00 Å². The van der Waals surface area contributed by atoms with Crippen molar-refractivity contribution in [3.8, 4) is 0 Å². The van der Waals surface area contributed by atoms with Crippen LogP contribution in [0.2, 0.25) is 0 Å². The quantitative estimate of drug-likeness (QED) is 0.795. The van der Waals surface area contributed by atoms with Crippen LogP contribution < -0.4 is 5.32 Å². The average molecular weight is 354 g/mol. The van der Waals surface area contributed by atoms with Gasteiger partial charge in [0.15, 0.2) is 0 Å². The van der Waals surface area contributed by atoms with E-state index in [4.69, 9.17) is 9.47 Å². The zero-order valence-electron chi connectivity index (χ0n) is 14.8. The second kappa shape index (κ2) is 8.60. The fraction of sp³-hybridized carbons (Fsp3) is 0.647. The lowest BCUT2D eigenvalue weighted by Crippen LogP contribution is -2.48. The summed E-state index contributed by atoms with van der Waals surface area (Å²) in [5, 5.41) is 3.45. The predicted molar refractivity (Wildman–Crippen MR) is 94.7 cm³/mol. The lowest BCUT2D eigenvalue weighted by atomic mass is 10.2. The van der Waals surface area contributed by atoms with Gasteiger partial charge < -0.3 is 14.8 Å². The van der Waals surface area contributed by atoms with Gasteiger partial charge in [-0.25, -0.2) is 4.79 Å². The number of aryl methyl sites for hydroxylation is 1. The van der Waals surface area contributed by atoms with Crippen molar-refractivity contribution in [2.45, 2.75) is 46.3 Å². The largest absolute Gasteiger partial charge is 0.462 e. The molecule has 0 bridgehead atoms. The molecule has 0 unspecified atom stereocenters. The zero-order valence-corrected chi connectivity index (χ0v) is 15.6. The highest BCUT2D eigenvalue weighted by atomic mass is 32.1. The number of carbonyl (C=O) groups excluding carboxylic acids is 2. The lowest BCUT2D eigenvalue weighted by Gasteiger charge is -2.34. The third-order valence-corrected chi connectivity index (χ3v) is 4.94. The van der Waals surface area contributed by atoms with Gasteiger partial charge in [-0.1, -0.05) is 6.92 Å². The number of hydrogen-bond donors (Lipinski definition) is 1. The Hall–Kier alpha value is -1.44. The molecule has 0 saturated carbocycles. The van der Waals surface area contributed by atoms with E-state index in [0.717, 1.165) is 24.4 Å². The van der Waals surface area contributed by atoms with Gasteiger partial charge >= 0.3 is 5.97 Å². The topological polar surface area (TPSA) is 67.9 Å². The molecule has 24 heavy (non-hydrogen) atoms. The first kappa shape index (κ1) is 18.9. The Balaban J connectivity index is 2.02. The molecule has 2 atom stereocenters. The molecule has 1 aromatic heterocycles. The van der Waals surface area contributed by atoms with Gasteiger partial charge in [0.25, 0.3) is 0 Å². The van der Waals surface area contributed by atoms with E-state index < -0.39 is 5.97 Å². The van der Waals surface area contributed by atoms with Crippen LogP contribution >= 0.6 is 11.3 Å². The van der Waals surface area contributed by atoms with Crippen LogP contribution in [0.5, 0.6) is 0 Å². The maximum absolute atomic E-state index is 12.4. The number of thiophene rings is 1. The highest BCUT2D eigenvalue weighted by Gasteiger charge is 2.25. The van der Waals surface area contributed by atoms with Crippen molar-refractivity contribution in [1.29, 1.82) is 0 Å². The van der Waals surface area contributed by atoms with Crippen LogP contribution in [-0.2, 0) is 20.7 Å². The summed E-state index contributed by atoms with van der Waals surface area (Å²) < 4.78 is 10.8. The van der Waals surface area contributed by atoms with Crippen molar-refractivity contribution in [3.63, 3.8) is 0 Å². The molecule has 2 heterocycles. The fourth-order valence-corrected chi connectivity index (χ4v) is 3.85. The second-order valence-electron chi connectivity index (χ2n) is 6.03. The van der Waals surface area contributed by atoms with E-state index in [2.05, 4.69) is 10.2 Å². The van der Waals surface area contributed by atoms with Gasteiger partial charge in [0.1, 0.15) is 5.00 Å². The van der Waals surface area contributed by atoms with E-state index in [-0.39, 0.29) is 18.1 Å². The molecule has 0 radical (unpaired) electrons. The van der Waals surface area contributed by atoms with E-state index in [1.807, 2.05) is 20.8 Å². The molecule has 2 rings (SSSR count). The first-order chi connectivity index (χ1) is 11.4. The maximum atomic E-state index is 12.4. The molecule has 0 aliphatic carbocycles. The van der Waals surface area contributed by atoms with Crippen LogP contribution in [0.3, 0.4) is 0 Å². The summed E-state index contributed by atoms with van der Waals surface area (Å²) in [6, 6.07) is 1.80. The van der Waals surface area contributed by atoms with Crippen molar-refractivity contribution in [1.82, 2.24) is 4.90 Å². The van der Waals surface area contributed by atoms with Crippen LogP contribution in [0.25, 0.3) is 0 Å². The Morgan fingerprint density at radius 1 is 1.33 bits per heavy atom. The molecule has 1 N–H and O–H groups in total. The lowest BCUT2D eigenvalue weighted by molar-refractivity contribution is -0.121. The van der Waals surface area contributed by atoms with Gasteiger partial charge in [-0.3, -0.25) is 9.69 Å². The smallest absolute Gasteiger partial charge is 0.341 e. The molecule has 0 spiro atoms. The Morgan fingerprint density at radius 3 is 2.58 bits per heavy atom. The van der Waals surface area contributed by atoms with E-state index in [1.165, 1.54) is 11.3 Å². The molecule has 1 aliphatic heterocycles. The monoisotopic (exact) mass is 354 g/mol. The number of hydrogen-bond acceptors (Lipinski definition) is 6. The molecular formula is C17H26N2O4S. The number of nitrogens with one attached hydrogen (secondary N) is 1. The van der Waals surface area contributed by atoms with Gasteiger partial charge in [-0.15, -0.1) is 11.3 Å². The zero-order chi connectivity index (χ0) is 17.7. The molecule has 1 amide bonds. The predicted octanol–water partition coefficient (Wildman–Crippen LogP) is 2.53. The van der Waals surface area contributed by atoms with Gasteiger partial charge in [0.05, 0.1) is 30.9 Å². The number of ether oxygens (including phenoxy) is 2. The summed E-state index contributed by atoms with van der Waals surface area (Å²) in [6.45, 7) is 9.86. The Kier molecular flexibility index (Phi) is 6.77. The molecule has 7 heteroatoms. The standard InChI is InChI=1S/C17H26N2O4S/c1-5-13-7-14(17(21)22-6-2)16(24-13)18-15(20)10-19-8-11(3)23-12(4)9-19/h7,11-12H,5-6,8-10H2,1-4H3,(H,18,20)/t11-,12-/m0/s1. The van der Waals surface area contributed by atoms with Gasteiger partial charge in [0.2, 0.25) is 5.91 Å². The molecular weight excluding hydrogens is 328 g/mol. The minimum atomic E-state index is -0.391. The Morgan fingerprint density at radius 2 is 2.00 bits per heavy atom. The number of carbonyl (C=O) groups is 2. The highest BCUT2D eigenvalue weighted by molar-refractivity contribution is 7.16. The number of rotatable bonds is 6. The Bertz CT molecular complexity index is 577. The number of morpholine rings is 1. The van der Waals surface area contributed by atoms with Crippen LogP contribution in [-0.4, -0.2) is 55.2 Å². The van der Waals surface area contributed by atoms with Crippen molar-refractivity contribution in [2.75, 3.05) is 31.6 Å². The van der Waals surface area contributed by atoms with E-state index in [1.54, 1.807) is 13.0 Å². The number of anilines is 1. The third-order valence-electron chi connectivity index (χ3n) is 3.74.